The summed E-state index contributed by atoms with van der Waals surface area (Å²) in [6, 6.07) is 7.61. The zero-order valence-electron chi connectivity index (χ0n) is 12.6. The number of aromatic carboxylic acids is 1. The number of rotatable bonds is 3. The number of anilines is 1. The van der Waals surface area contributed by atoms with Crippen molar-refractivity contribution >= 4 is 29.3 Å². The molecule has 1 saturated heterocycles. The molecule has 2 aromatic rings. The topological polar surface area (TPSA) is 57.6 Å². The second kappa shape index (κ2) is 6.24. The second-order valence-electron chi connectivity index (χ2n) is 5.44. The Morgan fingerprint density at radius 1 is 1.21 bits per heavy atom. The Bertz CT molecular complexity index is 820. The van der Waals surface area contributed by atoms with Crippen LogP contribution in [0.4, 0.5) is 14.5 Å². The molecule has 3 rings (SSSR count). The summed E-state index contributed by atoms with van der Waals surface area (Å²) < 4.78 is 27.0. The first-order valence-electron chi connectivity index (χ1n) is 7.10. The number of carbonyl (C=O) groups is 2. The van der Waals surface area contributed by atoms with Gasteiger partial charge in [-0.1, -0.05) is 0 Å². The summed E-state index contributed by atoms with van der Waals surface area (Å²) in [5, 5.41) is 8.48. The number of carboxylic acid groups (broad SMARTS) is 1. The highest BCUT2D eigenvalue weighted by Crippen LogP contribution is 2.43. The van der Waals surface area contributed by atoms with Gasteiger partial charge < -0.3 is 5.11 Å². The minimum absolute atomic E-state index is 0.115. The highest BCUT2D eigenvalue weighted by atomic mass is 32.2. The summed E-state index contributed by atoms with van der Waals surface area (Å²) in [4.78, 5) is 24.8. The molecule has 2 aromatic carbocycles. The van der Waals surface area contributed by atoms with Crippen LogP contribution >= 0.6 is 11.8 Å². The van der Waals surface area contributed by atoms with E-state index in [2.05, 4.69) is 0 Å². The van der Waals surface area contributed by atoms with Crippen LogP contribution in [0.5, 0.6) is 0 Å². The van der Waals surface area contributed by atoms with E-state index in [-0.39, 0.29) is 17.2 Å². The van der Waals surface area contributed by atoms with Gasteiger partial charge >= 0.3 is 5.97 Å². The number of aryl methyl sites for hydroxylation is 1. The van der Waals surface area contributed by atoms with Crippen LogP contribution in [0.3, 0.4) is 0 Å². The summed E-state index contributed by atoms with van der Waals surface area (Å²) in [5.74, 6) is -2.48. The van der Waals surface area contributed by atoms with Gasteiger partial charge in [0.1, 0.15) is 17.0 Å². The zero-order chi connectivity index (χ0) is 17.4. The first kappa shape index (κ1) is 16.4. The number of hydrogen-bond donors (Lipinski definition) is 1. The third-order valence-corrected chi connectivity index (χ3v) is 4.95. The minimum atomic E-state index is -1.06. The van der Waals surface area contributed by atoms with E-state index in [0.717, 1.165) is 6.07 Å². The molecular formula is C17H13F2NO3S. The summed E-state index contributed by atoms with van der Waals surface area (Å²) in [7, 11) is 0. The molecule has 1 amide bonds. The van der Waals surface area contributed by atoms with Crippen molar-refractivity contribution in [1.82, 2.24) is 0 Å². The largest absolute Gasteiger partial charge is 0.478 e. The quantitative estimate of drug-likeness (QED) is 0.917. The van der Waals surface area contributed by atoms with Crippen LogP contribution in [0.15, 0.2) is 36.4 Å². The molecule has 1 atom stereocenters. The normalized spacial score (nSPS) is 17.4. The number of nitrogens with zero attached hydrogens (tertiary/aromatic N) is 1. The molecule has 0 spiro atoms. The van der Waals surface area contributed by atoms with Crippen molar-refractivity contribution < 1.29 is 23.5 Å². The van der Waals surface area contributed by atoms with Crippen molar-refractivity contribution in [1.29, 1.82) is 0 Å². The van der Waals surface area contributed by atoms with E-state index in [9.17, 15) is 18.4 Å². The van der Waals surface area contributed by atoms with Crippen molar-refractivity contribution in [3.8, 4) is 0 Å². The van der Waals surface area contributed by atoms with Gasteiger partial charge in [0, 0.05) is 11.8 Å². The van der Waals surface area contributed by atoms with E-state index in [4.69, 9.17) is 5.11 Å². The Balaban J connectivity index is 2.04. The Kier molecular flexibility index (Phi) is 4.28. The van der Waals surface area contributed by atoms with Crippen LogP contribution in [0, 0.1) is 18.6 Å². The van der Waals surface area contributed by atoms with E-state index in [1.807, 2.05) is 0 Å². The standard InChI is InChI=1S/C17H13F2NO3S/c1-9-4-10(17(22)23)2-3-14(9)20-15(21)8-24-16(20)11-5-12(18)7-13(19)6-11/h2-7,16H,8H2,1H3,(H,22,23). The van der Waals surface area contributed by atoms with Crippen LogP contribution in [0.1, 0.15) is 26.9 Å². The molecule has 1 fully saturated rings. The SMILES string of the molecule is Cc1cc(C(=O)O)ccc1N1C(=O)CSC1c1cc(F)cc(F)c1. The van der Waals surface area contributed by atoms with Crippen LogP contribution in [-0.2, 0) is 4.79 Å². The molecule has 0 saturated carbocycles. The van der Waals surface area contributed by atoms with Crippen LogP contribution < -0.4 is 4.90 Å². The summed E-state index contributed by atoms with van der Waals surface area (Å²) >= 11 is 1.27. The monoisotopic (exact) mass is 349 g/mol. The van der Waals surface area contributed by atoms with Crippen LogP contribution in [-0.4, -0.2) is 22.7 Å². The maximum absolute atomic E-state index is 13.5. The number of amides is 1. The van der Waals surface area contributed by atoms with Crippen molar-refractivity contribution in [3.05, 3.63) is 64.7 Å². The first-order valence-corrected chi connectivity index (χ1v) is 8.15. The Labute approximate surface area is 141 Å². The van der Waals surface area contributed by atoms with E-state index >= 15 is 0 Å². The lowest BCUT2D eigenvalue weighted by molar-refractivity contribution is -0.115. The third-order valence-electron chi connectivity index (χ3n) is 3.74. The average molecular weight is 349 g/mol. The fourth-order valence-corrected chi connectivity index (χ4v) is 3.86. The van der Waals surface area contributed by atoms with Gasteiger partial charge in [-0.05, 0) is 48.4 Å². The molecule has 0 bridgehead atoms. The predicted molar refractivity (Wildman–Crippen MR) is 87.2 cm³/mol. The molecule has 0 aromatic heterocycles. The fraction of sp³-hybridized carbons (Fsp3) is 0.176. The lowest BCUT2D eigenvalue weighted by Gasteiger charge is -2.26. The molecular weight excluding hydrogens is 336 g/mol. The van der Waals surface area contributed by atoms with Crippen molar-refractivity contribution in [2.75, 3.05) is 10.7 Å². The van der Waals surface area contributed by atoms with Gasteiger partial charge in [-0.2, -0.15) is 0 Å². The minimum Gasteiger partial charge on any atom is -0.478 e. The van der Waals surface area contributed by atoms with Gasteiger partial charge in [-0.15, -0.1) is 11.8 Å². The maximum Gasteiger partial charge on any atom is 0.335 e. The molecule has 1 aliphatic heterocycles. The fourth-order valence-electron chi connectivity index (χ4n) is 2.71. The van der Waals surface area contributed by atoms with Crippen molar-refractivity contribution in [2.24, 2.45) is 0 Å². The number of benzene rings is 2. The van der Waals surface area contributed by atoms with Crippen molar-refractivity contribution in [2.45, 2.75) is 12.3 Å². The molecule has 7 heteroatoms. The van der Waals surface area contributed by atoms with E-state index in [1.165, 1.54) is 40.9 Å². The van der Waals surface area contributed by atoms with Gasteiger partial charge in [-0.25, -0.2) is 13.6 Å². The lowest BCUT2D eigenvalue weighted by atomic mass is 10.1. The Morgan fingerprint density at radius 2 is 1.88 bits per heavy atom. The predicted octanol–water partition coefficient (Wildman–Crippen LogP) is 3.75. The smallest absolute Gasteiger partial charge is 0.335 e. The molecule has 0 aliphatic carbocycles. The average Bonchev–Trinajstić information content (AvgIpc) is 2.87. The molecule has 1 N–H and O–H groups in total. The number of carboxylic acids is 1. The second-order valence-corrected chi connectivity index (χ2v) is 6.50. The van der Waals surface area contributed by atoms with Gasteiger partial charge in [-0.3, -0.25) is 9.69 Å². The number of hydrogen-bond acceptors (Lipinski definition) is 3. The highest BCUT2D eigenvalue weighted by molar-refractivity contribution is 8.00. The number of halogens is 2. The van der Waals surface area contributed by atoms with Gasteiger partial charge in [0.2, 0.25) is 5.91 Å². The van der Waals surface area contributed by atoms with Crippen LogP contribution in [0.25, 0.3) is 0 Å². The summed E-state index contributed by atoms with van der Waals surface area (Å²) in [6.07, 6.45) is 0. The molecule has 124 valence electrons. The van der Waals surface area contributed by atoms with Gasteiger partial charge in [0.25, 0.3) is 0 Å². The van der Waals surface area contributed by atoms with Crippen LogP contribution in [0.2, 0.25) is 0 Å². The highest BCUT2D eigenvalue weighted by Gasteiger charge is 2.35. The lowest BCUT2D eigenvalue weighted by Crippen LogP contribution is -2.28. The van der Waals surface area contributed by atoms with E-state index in [1.54, 1.807) is 13.0 Å². The molecule has 1 heterocycles. The molecule has 1 unspecified atom stereocenters. The molecule has 24 heavy (non-hydrogen) atoms. The Hall–Kier alpha value is -2.41. The summed E-state index contributed by atoms with van der Waals surface area (Å²) in [6.45, 7) is 1.70. The first-order chi connectivity index (χ1) is 11.4. The molecule has 0 radical (unpaired) electrons. The van der Waals surface area contributed by atoms with Crippen molar-refractivity contribution in [3.63, 3.8) is 0 Å². The molecule has 4 nitrogen and oxygen atoms in total. The summed E-state index contributed by atoms with van der Waals surface area (Å²) in [5.41, 5.74) is 1.60. The van der Waals surface area contributed by atoms with E-state index < -0.39 is 23.0 Å². The maximum atomic E-state index is 13.5. The van der Waals surface area contributed by atoms with Gasteiger partial charge in [0.05, 0.1) is 11.3 Å². The molecule has 1 aliphatic rings. The Morgan fingerprint density at radius 3 is 2.46 bits per heavy atom. The third kappa shape index (κ3) is 2.99. The van der Waals surface area contributed by atoms with E-state index in [0.29, 0.717) is 16.8 Å². The van der Waals surface area contributed by atoms with Gasteiger partial charge in [0.15, 0.2) is 0 Å². The number of carbonyl (C=O) groups excluding carboxylic acids is 1. The number of thioether (sulfide) groups is 1. The zero-order valence-corrected chi connectivity index (χ0v) is 13.4.